The van der Waals surface area contributed by atoms with Crippen LogP contribution in [0.3, 0.4) is 0 Å². The summed E-state index contributed by atoms with van der Waals surface area (Å²) in [4.78, 5) is 35.7. The molecule has 3 aromatic rings. The highest BCUT2D eigenvalue weighted by atomic mass is 79.9. The van der Waals surface area contributed by atoms with Crippen molar-refractivity contribution in [2.75, 3.05) is 24.3 Å². The smallest absolute Gasteiger partial charge is 0.270 e. The minimum atomic E-state index is -0.961. The molecule has 10 nitrogen and oxygen atoms in total. The molecular formula is C24H28BrN7O3. The molecule has 1 aliphatic carbocycles. The second-order valence-corrected chi connectivity index (χ2v) is 10.7. The minimum absolute atomic E-state index is 0.0605. The van der Waals surface area contributed by atoms with Gasteiger partial charge in [0.25, 0.3) is 5.91 Å². The summed E-state index contributed by atoms with van der Waals surface area (Å²) in [6.07, 6.45) is 4.10. The van der Waals surface area contributed by atoms with Gasteiger partial charge >= 0.3 is 0 Å². The normalized spacial score (nSPS) is 23.2. The van der Waals surface area contributed by atoms with Crippen LogP contribution in [0.4, 0.5) is 11.6 Å². The zero-order valence-electron chi connectivity index (χ0n) is 20.3. The molecule has 1 fully saturated rings. The van der Waals surface area contributed by atoms with E-state index in [-0.39, 0.29) is 17.9 Å². The summed E-state index contributed by atoms with van der Waals surface area (Å²) in [6, 6.07) is 5.68. The second kappa shape index (κ2) is 8.18. The van der Waals surface area contributed by atoms with Gasteiger partial charge in [0.15, 0.2) is 11.2 Å². The highest BCUT2D eigenvalue weighted by molar-refractivity contribution is 9.10. The number of carbonyl (C=O) groups is 2. The molecule has 0 radical (unpaired) electrons. The first kappa shape index (κ1) is 23.5. The van der Waals surface area contributed by atoms with Gasteiger partial charge < -0.3 is 20.3 Å². The quantitative estimate of drug-likeness (QED) is 0.519. The lowest BCUT2D eigenvalue weighted by Crippen LogP contribution is -2.50. The van der Waals surface area contributed by atoms with E-state index in [4.69, 9.17) is 9.72 Å². The van der Waals surface area contributed by atoms with Gasteiger partial charge in [0, 0.05) is 37.8 Å². The molecule has 2 N–H and O–H groups in total. The maximum absolute atomic E-state index is 12.5. The number of rotatable bonds is 4. The molecule has 1 aromatic carbocycles. The molecule has 2 atom stereocenters. The molecule has 11 heteroatoms. The highest BCUT2D eigenvalue weighted by Crippen LogP contribution is 2.40. The standard InChI is InChI=1S/C24H28BrN7O3/c1-23(2)21(34)31(5)16-7-6-14(10-17(16)35-23)32-19-15(18(25)30-32)12-27-22(29-19)28-13-8-9-24(3,11-13)20(33)26-4/h6-7,10,12-13H,8-9,11H2,1-5H3,(H,26,33)(H,27,28,29)/t13-,24-/m1/s1. The Bertz CT molecular complexity index is 1350. The number of carbonyl (C=O) groups excluding carboxylic acids is 2. The predicted octanol–water partition coefficient (Wildman–Crippen LogP) is 3.43. The van der Waals surface area contributed by atoms with E-state index >= 15 is 0 Å². The number of hydrogen-bond donors (Lipinski definition) is 2. The van der Waals surface area contributed by atoms with Crippen LogP contribution in [0, 0.1) is 5.41 Å². The van der Waals surface area contributed by atoms with E-state index in [1.54, 1.807) is 43.7 Å². The van der Waals surface area contributed by atoms with Crippen molar-refractivity contribution in [2.24, 2.45) is 5.41 Å². The Morgan fingerprint density at radius 2 is 2.06 bits per heavy atom. The molecule has 2 aromatic heterocycles. The average Bonchev–Trinajstić information content (AvgIpc) is 3.36. The molecule has 0 bridgehead atoms. The Hall–Kier alpha value is -3.21. The fourth-order valence-corrected chi connectivity index (χ4v) is 5.44. The van der Waals surface area contributed by atoms with Crippen molar-refractivity contribution in [3.8, 4) is 11.4 Å². The van der Waals surface area contributed by atoms with Crippen molar-refractivity contribution in [2.45, 2.75) is 51.7 Å². The Morgan fingerprint density at radius 3 is 2.80 bits per heavy atom. The number of nitrogens with one attached hydrogen (secondary N) is 2. The number of hydrogen-bond acceptors (Lipinski definition) is 7. The zero-order chi connectivity index (χ0) is 25.1. The summed E-state index contributed by atoms with van der Waals surface area (Å²) < 4.78 is 8.37. The van der Waals surface area contributed by atoms with Crippen molar-refractivity contribution in [3.63, 3.8) is 0 Å². The molecule has 3 heterocycles. The van der Waals surface area contributed by atoms with Crippen LogP contribution in [0.1, 0.15) is 40.0 Å². The third-order valence-corrected chi connectivity index (χ3v) is 7.55. The third-order valence-electron chi connectivity index (χ3n) is 6.96. The first-order valence-electron chi connectivity index (χ1n) is 11.5. The van der Waals surface area contributed by atoms with Crippen LogP contribution in [0.5, 0.6) is 5.75 Å². The highest BCUT2D eigenvalue weighted by Gasteiger charge is 2.41. The van der Waals surface area contributed by atoms with E-state index in [9.17, 15) is 9.59 Å². The van der Waals surface area contributed by atoms with Crippen molar-refractivity contribution >= 4 is 50.4 Å². The zero-order valence-corrected chi connectivity index (χ0v) is 21.9. The first-order valence-corrected chi connectivity index (χ1v) is 12.3. The van der Waals surface area contributed by atoms with E-state index in [0.29, 0.717) is 34.1 Å². The molecule has 184 valence electrons. The molecular weight excluding hydrogens is 514 g/mol. The summed E-state index contributed by atoms with van der Waals surface area (Å²) in [5.74, 6) is 1.04. The SMILES string of the molecule is CNC(=O)[C@]1(C)CC[C@@H](Nc2ncc3c(Br)nn(-c4ccc5c(c4)OC(C)(C)C(=O)N5C)c3n2)C1. The fourth-order valence-electron chi connectivity index (χ4n) is 5.00. The number of amides is 2. The molecule has 2 amide bonds. The van der Waals surface area contributed by atoms with Crippen LogP contribution in [-0.2, 0) is 9.59 Å². The molecule has 1 saturated carbocycles. The van der Waals surface area contributed by atoms with Crippen LogP contribution >= 0.6 is 15.9 Å². The van der Waals surface area contributed by atoms with E-state index < -0.39 is 11.0 Å². The van der Waals surface area contributed by atoms with Crippen LogP contribution in [0.15, 0.2) is 29.0 Å². The van der Waals surface area contributed by atoms with E-state index in [1.165, 1.54) is 0 Å². The van der Waals surface area contributed by atoms with Crippen molar-refractivity contribution in [1.82, 2.24) is 25.1 Å². The second-order valence-electron chi connectivity index (χ2n) is 9.99. The van der Waals surface area contributed by atoms with Crippen LogP contribution in [-0.4, -0.2) is 57.3 Å². The average molecular weight is 542 g/mol. The number of likely N-dealkylation sites (N-methyl/N-ethyl adjacent to an activating group) is 1. The topological polar surface area (TPSA) is 114 Å². The maximum Gasteiger partial charge on any atom is 0.270 e. The van der Waals surface area contributed by atoms with Crippen LogP contribution in [0.2, 0.25) is 0 Å². The van der Waals surface area contributed by atoms with Crippen LogP contribution < -0.4 is 20.3 Å². The van der Waals surface area contributed by atoms with Gasteiger partial charge in [0.05, 0.1) is 16.8 Å². The largest absolute Gasteiger partial charge is 0.476 e. The van der Waals surface area contributed by atoms with E-state index in [1.807, 2.05) is 25.1 Å². The maximum atomic E-state index is 12.5. The number of aromatic nitrogens is 4. The fraction of sp³-hybridized carbons (Fsp3) is 0.458. The van der Waals surface area contributed by atoms with E-state index in [2.05, 4.69) is 36.6 Å². The van der Waals surface area contributed by atoms with E-state index in [0.717, 1.165) is 23.9 Å². The van der Waals surface area contributed by atoms with Gasteiger partial charge in [-0.1, -0.05) is 6.92 Å². The van der Waals surface area contributed by atoms with Crippen molar-refractivity contribution < 1.29 is 14.3 Å². The predicted molar refractivity (Wildman–Crippen MR) is 136 cm³/mol. The Balaban J connectivity index is 1.47. The van der Waals surface area contributed by atoms with Gasteiger partial charge in [-0.2, -0.15) is 10.1 Å². The third kappa shape index (κ3) is 3.91. The number of ether oxygens (including phenoxy) is 1. The first-order chi connectivity index (χ1) is 16.5. The Labute approximate surface area is 211 Å². The summed E-state index contributed by atoms with van der Waals surface area (Å²) in [5.41, 5.74) is 0.714. The molecule has 0 spiro atoms. The summed E-state index contributed by atoms with van der Waals surface area (Å²) >= 11 is 3.52. The molecule has 0 saturated heterocycles. The Morgan fingerprint density at radius 1 is 1.29 bits per heavy atom. The van der Waals surface area contributed by atoms with Gasteiger partial charge in [-0.15, -0.1) is 0 Å². The number of fused-ring (bicyclic) bond motifs is 2. The molecule has 5 rings (SSSR count). The summed E-state index contributed by atoms with van der Waals surface area (Å²) in [7, 11) is 3.42. The lowest BCUT2D eigenvalue weighted by Gasteiger charge is -2.37. The lowest BCUT2D eigenvalue weighted by molar-refractivity contribution is -0.132. The number of nitrogens with zero attached hydrogens (tertiary/aromatic N) is 5. The molecule has 0 unspecified atom stereocenters. The number of benzene rings is 1. The number of anilines is 2. The van der Waals surface area contributed by atoms with Crippen molar-refractivity contribution in [3.05, 3.63) is 29.0 Å². The van der Waals surface area contributed by atoms with Gasteiger partial charge in [-0.25, -0.2) is 9.67 Å². The van der Waals surface area contributed by atoms with Gasteiger partial charge in [0.2, 0.25) is 11.9 Å². The number of halogens is 1. The molecule has 35 heavy (non-hydrogen) atoms. The lowest BCUT2D eigenvalue weighted by atomic mass is 9.87. The minimum Gasteiger partial charge on any atom is -0.476 e. The van der Waals surface area contributed by atoms with Crippen molar-refractivity contribution in [1.29, 1.82) is 0 Å². The van der Waals surface area contributed by atoms with Gasteiger partial charge in [0.1, 0.15) is 10.4 Å². The molecule has 2 aliphatic rings. The molecule has 1 aliphatic heterocycles. The summed E-state index contributed by atoms with van der Waals surface area (Å²) in [6.45, 7) is 5.50. The van der Waals surface area contributed by atoms with Gasteiger partial charge in [-0.3, -0.25) is 9.59 Å². The summed E-state index contributed by atoms with van der Waals surface area (Å²) in [5, 5.41) is 11.6. The van der Waals surface area contributed by atoms with Gasteiger partial charge in [-0.05, 0) is 61.2 Å². The monoisotopic (exact) mass is 541 g/mol. The van der Waals surface area contributed by atoms with Crippen LogP contribution in [0.25, 0.3) is 16.7 Å². The Kier molecular flexibility index (Phi) is 5.50.